The van der Waals surface area contributed by atoms with Gasteiger partial charge in [0.1, 0.15) is 9.53 Å². The summed E-state index contributed by atoms with van der Waals surface area (Å²) in [6.45, 7) is 1.96. The molecule has 0 bridgehead atoms. The van der Waals surface area contributed by atoms with Crippen LogP contribution < -0.4 is 5.84 Å². The Balaban J connectivity index is 2.41. The van der Waals surface area contributed by atoms with Crippen molar-refractivity contribution in [2.75, 3.05) is 0 Å². The van der Waals surface area contributed by atoms with Crippen molar-refractivity contribution in [3.63, 3.8) is 0 Å². The molecule has 3 N–H and O–H groups in total. The SMILES string of the molecule is Cc1ccc2c(n1)sc1c(N=NN)n[nH]c12. The van der Waals surface area contributed by atoms with Gasteiger partial charge in [0, 0.05) is 11.1 Å². The summed E-state index contributed by atoms with van der Waals surface area (Å²) in [6, 6.07) is 4.00. The van der Waals surface area contributed by atoms with Crippen molar-refractivity contribution in [1.82, 2.24) is 15.2 Å². The maximum atomic E-state index is 5.02. The van der Waals surface area contributed by atoms with E-state index in [0.717, 1.165) is 26.1 Å². The van der Waals surface area contributed by atoms with Crippen LogP contribution in [0.25, 0.3) is 20.4 Å². The Morgan fingerprint density at radius 2 is 2.31 bits per heavy atom. The van der Waals surface area contributed by atoms with Gasteiger partial charge in [-0.15, -0.1) is 16.5 Å². The molecule has 3 rings (SSSR count). The van der Waals surface area contributed by atoms with Crippen LogP contribution in [0.1, 0.15) is 5.69 Å². The molecule has 16 heavy (non-hydrogen) atoms. The number of pyridine rings is 1. The van der Waals surface area contributed by atoms with E-state index < -0.39 is 0 Å². The van der Waals surface area contributed by atoms with Crippen LogP contribution in [0.15, 0.2) is 22.5 Å². The number of aromatic amines is 1. The number of H-pyrrole nitrogens is 1. The number of nitrogens with one attached hydrogen (secondary N) is 1. The van der Waals surface area contributed by atoms with Crippen LogP contribution in [0, 0.1) is 6.92 Å². The van der Waals surface area contributed by atoms with Crippen LogP contribution in [0.2, 0.25) is 0 Å². The van der Waals surface area contributed by atoms with Crippen molar-refractivity contribution in [2.24, 2.45) is 16.2 Å². The summed E-state index contributed by atoms with van der Waals surface area (Å²) < 4.78 is 0.933. The van der Waals surface area contributed by atoms with E-state index in [0.29, 0.717) is 5.82 Å². The van der Waals surface area contributed by atoms with E-state index in [9.17, 15) is 0 Å². The van der Waals surface area contributed by atoms with Gasteiger partial charge in [-0.05, 0) is 19.1 Å². The topological polar surface area (TPSA) is 92.3 Å². The molecule has 0 aliphatic heterocycles. The third-order valence-electron chi connectivity index (χ3n) is 2.32. The maximum absolute atomic E-state index is 5.02. The molecule has 3 heterocycles. The lowest BCUT2D eigenvalue weighted by molar-refractivity contribution is 1.01. The zero-order valence-corrected chi connectivity index (χ0v) is 9.25. The fourth-order valence-electron chi connectivity index (χ4n) is 1.62. The molecule has 6 nitrogen and oxygen atoms in total. The minimum absolute atomic E-state index is 0.512. The Bertz CT molecular complexity index is 694. The first-order valence-electron chi connectivity index (χ1n) is 4.65. The van der Waals surface area contributed by atoms with Crippen LogP contribution in [0.3, 0.4) is 0 Å². The number of nitrogens with zero attached hydrogens (tertiary/aromatic N) is 4. The highest BCUT2D eigenvalue weighted by Crippen LogP contribution is 2.36. The fourth-order valence-corrected chi connectivity index (χ4v) is 2.72. The molecule has 0 aliphatic rings. The van der Waals surface area contributed by atoms with E-state index in [4.69, 9.17) is 5.84 Å². The first-order chi connectivity index (χ1) is 7.79. The van der Waals surface area contributed by atoms with E-state index in [-0.39, 0.29) is 0 Å². The standard InChI is InChI=1S/C9H8N6S/c1-4-2-3-5-6-7(16-9(5)11-4)8(13-12-6)14-15-10/h2-3H,1H3,(H3,10,12,13,14). The van der Waals surface area contributed by atoms with E-state index in [1.165, 1.54) is 11.3 Å². The predicted octanol–water partition coefficient (Wildman–Crippen LogP) is 2.44. The highest BCUT2D eigenvalue weighted by Gasteiger charge is 2.12. The molecule has 80 valence electrons. The van der Waals surface area contributed by atoms with Crippen molar-refractivity contribution in [3.05, 3.63) is 17.8 Å². The Labute approximate surface area is 94.2 Å². The van der Waals surface area contributed by atoms with Crippen LogP contribution in [-0.2, 0) is 0 Å². The number of aryl methyl sites for hydroxylation is 1. The van der Waals surface area contributed by atoms with Gasteiger partial charge in [-0.25, -0.2) is 4.98 Å². The van der Waals surface area contributed by atoms with Crippen molar-refractivity contribution in [1.29, 1.82) is 0 Å². The summed E-state index contributed by atoms with van der Waals surface area (Å²) >= 11 is 1.53. The Morgan fingerprint density at radius 1 is 1.44 bits per heavy atom. The number of thiophene rings is 1. The van der Waals surface area contributed by atoms with Gasteiger partial charge in [0.05, 0.1) is 5.52 Å². The molecule has 0 saturated carbocycles. The van der Waals surface area contributed by atoms with E-state index in [2.05, 4.69) is 25.5 Å². The molecule has 0 amide bonds. The molecule has 0 aromatic carbocycles. The predicted molar refractivity (Wildman–Crippen MR) is 62.7 cm³/mol. The highest BCUT2D eigenvalue weighted by molar-refractivity contribution is 7.25. The van der Waals surface area contributed by atoms with Gasteiger partial charge in [-0.1, -0.05) is 5.22 Å². The number of nitrogens with two attached hydrogens (primary N) is 1. The molecule has 3 aromatic heterocycles. The maximum Gasteiger partial charge on any atom is 0.215 e. The summed E-state index contributed by atoms with van der Waals surface area (Å²) in [5, 5.41) is 15.0. The fraction of sp³-hybridized carbons (Fsp3) is 0.111. The molecular formula is C9H8N6S. The van der Waals surface area contributed by atoms with Gasteiger partial charge in [0.25, 0.3) is 0 Å². The molecule has 0 atom stereocenters. The van der Waals surface area contributed by atoms with Gasteiger partial charge < -0.3 is 5.84 Å². The first-order valence-corrected chi connectivity index (χ1v) is 5.46. The van der Waals surface area contributed by atoms with Gasteiger partial charge in [-0.3, -0.25) is 5.10 Å². The van der Waals surface area contributed by atoms with Gasteiger partial charge in [0.2, 0.25) is 5.82 Å². The second kappa shape index (κ2) is 3.24. The zero-order valence-electron chi connectivity index (χ0n) is 8.43. The molecule has 0 radical (unpaired) electrons. The highest BCUT2D eigenvalue weighted by atomic mass is 32.1. The quantitative estimate of drug-likeness (QED) is 0.383. The van der Waals surface area contributed by atoms with Gasteiger partial charge in [0.15, 0.2) is 0 Å². The lowest BCUT2D eigenvalue weighted by atomic mass is 10.3. The monoisotopic (exact) mass is 232 g/mol. The number of hydrogen-bond donors (Lipinski definition) is 2. The summed E-state index contributed by atoms with van der Waals surface area (Å²) in [5.41, 5.74) is 1.93. The largest absolute Gasteiger partial charge is 0.305 e. The van der Waals surface area contributed by atoms with Gasteiger partial charge in [-0.2, -0.15) is 5.10 Å². The second-order valence-corrected chi connectivity index (χ2v) is 4.37. The first kappa shape index (κ1) is 9.22. The number of hydrogen-bond acceptors (Lipinski definition) is 5. The molecule has 3 aromatic rings. The third kappa shape index (κ3) is 1.18. The van der Waals surface area contributed by atoms with Crippen molar-refractivity contribution in [3.8, 4) is 0 Å². The van der Waals surface area contributed by atoms with Crippen molar-refractivity contribution in [2.45, 2.75) is 6.92 Å². The zero-order chi connectivity index (χ0) is 11.1. The Kier molecular flexibility index (Phi) is 1.87. The number of aromatic nitrogens is 3. The summed E-state index contributed by atoms with van der Waals surface area (Å²) in [7, 11) is 0. The van der Waals surface area contributed by atoms with Crippen LogP contribution in [0.4, 0.5) is 5.82 Å². The summed E-state index contributed by atoms with van der Waals surface area (Å²) in [4.78, 5) is 5.42. The number of rotatable bonds is 1. The molecule has 0 aliphatic carbocycles. The molecule has 0 saturated heterocycles. The van der Waals surface area contributed by atoms with E-state index in [1.807, 2.05) is 19.1 Å². The summed E-state index contributed by atoms with van der Waals surface area (Å²) in [5.74, 6) is 5.53. The lowest BCUT2D eigenvalue weighted by Crippen LogP contribution is -1.78. The van der Waals surface area contributed by atoms with Crippen LogP contribution in [-0.4, -0.2) is 15.2 Å². The second-order valence-electron chi connectivity index (χ2n) is 3.37. The minimum atomic E-state index is 0.512. The Hall–Kier alpha value is -2.02. The van der Waals surface area contributed by atoms with Crippen molar-refractivity contribution >= 4 is 37.6 Å². The van der Waals surface area contributed by atoms with E-state index >= 15 is 0 Å². The number of fused-ring (bicyclic) bond motifs is 3. The average Bonchev–Trinajstić information content (AvgIpc) is 2.78. The smallest absolute Gasteiger partial charge is 0.215 e. The molecular weight excluding hydrogens is 224 g/mol. The van der Waals surface area contributed by atoms with E-state index in [1.54, 1.807) is 0 Å². The molecule has 0 unspecified atom stereocenters. The average molecular weight is 232 g/mol. The van der Waals surface area contributed by atoms with Crippen molar-refractivity contribution < 1.29 is 0 Å². The summed E-state index contributed by atoms with van der Waals surface area (Å²) in [6.07, 6.45) is 0. The molecule has 0 spiro atoms. The molecule has 0 fully saturated rings. The Morgan fingerprint density at radius 3 is 3.12 bits per heavy atom. The third-order valence-corrected chi connectivity index (χ3v) is 3.42. The molecule has 7 heteroatoms. The lowest BCUT2D eigenvalue weighted by Gasteiger charge is -1.90. The van der Waals surface area contributed by atoms with Gasteiger partial charge >= 0.3 is 0 Å². The van der Waals surface area contributed by atoms with Crippen LogP contribution >= 0.6 is 11.3 Å². The normalized spacial score (nSPS) is 12.1. The van der Waals surface area contributed by atoms with Crippen LogP contribution in [0.5, 0.6) is 0 Å². The minimum Gasteiger partial charge on any atom is -0.305 e.